The van der Waals surface area contributed by atoms with Crippen molar-refractivity contribution in [3.05, 3.63) is 12.7 Å². The summed E-state index contributed by atoms with van der Waals surface area (Å²) in [5.74, 6) is -0.0350. The minimum Gasteiger partial charge on any atom is -0.466 e. The summed E-state index contributed by atoms with van der Waals surface area (Å²) in [4.78, 5) is 11.2. The Kier molecular flexibility index (Phi) is 10.7. The van der Waals surface area contributed by atoms with Gasteiger partial charge in [0, 0.05) is 6.42 Å². The van der Waals surface area contributed by atoms with Gasteiger partial charge < -0.3 is 4.74 Å². The van der Waals surface area contributed by atoms with E-state index in [1.54, 1.807) is 0 Å². The third-order valence-corrected chi connectivity index (χ3v) is 2.30. The molecule has 0 amide bonds. The summed E-state index contributed by atoms with van der Waals surface area (Å²) in [6.45, 7) is 6.35. The van der Waals surface area contributed by atoms with Crippen LogP contribution in [0.1, 0.15) is 58.3 Å². The van der Waals surface area contributed by atoms with Gasteiger partial charge in [-0.1, -0.05) is 32.3 Å². The molecule has 0 fully saturated rings. The van der Waals surface area contributed by atoms with E-state index in [0.29, 0.717) is 13.0 Å². The van der Waals surface area contributed by atoms with E-state index in [1.165, 1.54) is 12.8 Å². The van der Waals surface area contributed by atoms with E-state index in [2.05, 4.69) is 13.5 Å². The first-order valence-corrected chi connectivity index (χ1v) is 6.07. The lowest BCUT2D eigenvalue weighted by Gasteiger charge is -2.03. The molecule has 2 nitrogen and oxygen atoms in total. The van der Waals surface area contributed by atoms with Gasteiger partial charge in [0.1, 0.15) is 0 Å². The van der Waals surface area contributed by atoms with E-state index in [4.69, 9.17) is 4.74 Å². The highest BCUT2D eigenvalue weighted by Crippen LogP contribution is 2.06. The maximum absolute atomic E-state index is 11.2. The van der Waals surface area contributed by atoms with Gasteiger partial charge in [0.25, 0.3) is 0 Å². The van der Waals surface area contributed by atoms with Crippen molar-refractivity contribution in [1.82, 2.24) is 0 Å². The fourth-order valence-corrected chi connectivity index (χ4v) is 1.31. The lowest BCUT2D eigenvalue weighted by Crippen LogP contribution is -2.05. The number of carbonyl (C=O) groups excluding carboxylic acids is 1. The smallest absolute Gasteiger partial charge is 0.305 e. The summed E-state index contributed by atoms with van der Waals surface area (Å²) in [5.41, 5.74) is 0. The standard InChI is InChI=1S/C13H24O2/c1-3-5-7-8-9-10-11-13(14)15-12-6-4-2/h3H,1,4-12H2,2H3. The summed E-state index contributed by atoms with van der Waals surface area (Å²) in [5, 5.41) is 0. The quantitative estimate of drug-likeness (QED) is 0.312. The van der Waals surface area contributed by atoms with Gasteiger partial charge in [-0.15, -0.1) is 6.58 Å². The largest absolute Gasteiger partial charge is 0.466 e. The summed E-state index contributed by atoms with van der Waals surface area (Å²) in [6.07, 6.45) is 10.1. The molecule has 0 saturated carbocycles. The molecule has 15 heavy (non-hydrogen) atoms. The number of rotatable bonds is 10. The highest BCUT2D eigenvalue weighted by atomic mass is 16.5. The summed E-state index contributed by atoms with van der Waals surface area (Å²) in [7, 11) is 0. The number of carbonyl (C=O) groups is 1. The molecule has 0 heterocycles. The van der Waals surface area contributed by atoms with Crippen LogP contribution in [0.15, 0.2) is 12.7 Å². The first kappa shape index (κ1) is 14.2. The number of esters is 1. The SMILES string of the molecule is C=CCCCCCCC(=O)OCCCC. The van der Waals surface area contributed by atoms with Crippen LogP contribution in [0.5, 0.6) is 0 Å². The van der Waals surface area contributed by atoms with Crippen LogP contribution in [0.25, 0.3) is 0 Å². The van der Waals surface area contributed by atoms with Crippen LogP contribution < -0.4 is 0 Å². The molecule has 2 heteroatoms. The lowest BCUT2D eigenvalue weighted by atomic mass is 10.1. The molecule has 0 N–H and O–H groups in total. The van der Waals surface area contributed by atoms with Gasteiger partial charge in [-0.3, -0.25) is 4.79 Å². The molecule has 0 atom stereocenters. The molecule has 0 rings (SSSR count). The second-order valence-electron chi connectivity index (χ2n) is 3.82. The number of hydrogen-bond donors (Lipinski definition) is 0. The first-order valence-electron chi connectivity index (χ1n) is 6.07. The second kappa shape index (κ2) is 11.3. The van der Waals surface area contributed by atoms with Crippen LogP contribution in [0.4, 0.5) is 0 Å². The summed E-state index contributed by atoms with van der Waals surface area (Å²) >= 11 is 0. The molecule has 0 unspecified atom stereocenters. The zero-order valence-electron chi connectivity index (χ0n) is 9.96. The monoisotopic (exact) mass is 212 g/mol. The van der Waals surface area contributed by atoms with E-state index in [1.807, 2.05) is 6.08 Å². The Hall–Kier alpha value is -0.790. The Morgan fingerprint density at radius 1 is 1.20 bits per heavy atom. The van der Waals surface area contributed by atoms with Crippen LogP contribution in [0.3, 0.4) is 0 Å². The molecule has 0 aromatic carbocycles. The lowest BCUT2D eigenvalue weighted by molar-refractivity contribution is -0.143. The molecule has 0 aliphatic heterocycles. The number of allylic oxidation sites excluding steroid dienone is 1. The summed E-state index contributed by atoms with van der Waals surface area (Å²) < 4.78 is 5.06. The van der Waals surface area contributed by atoms with Crippen molar-refractivity contribution >= 4 is 5.97 Å². The Morgan fingerprint density at radius 2 is 1.93 bits per heavy atom. The normalized spacial score (nSPS) is 9.93. The molecule has 88 valence electrons. The molecule has 0 bridgehead atoms. The molecular weight excluding hydrogens is 188 g/mol. The molecule has 0 aliphatic carbocycles. The van der Waals surface area contributed by atoms with E-state index in [9.17, 15) is 4.79 Å². The predicted molar refractivity (Wildman–Crippen MR) is 63.8 cm³/mol. The Labute approximate surface area is 93.7 Å². The van der Waals surface area contributed by atoms with Gasteiger partial charge in [0.15, 0.2) is 0 Å². The first-order chi connectivity index (χ1) is 7.31. The fraction of sp³-hybridized carbons (Fsp3) is 0.769. The molecule has 0 aliphatic rings. The Balaban J connectivity index is 3.13. The topological polar surface area (TPSA) is 26.3 Å². The van der Waals surface area contributed by atoms with Gasteiger partial charge in [0.2, 0.25) is 0 Å². The van der Waals surface area contributed by atoms with Crippen molar-refractivity contribution < 1.29 is 9.53 Å². The highest BCUT2D eigenvalue weighted by Gasteiger charge is 2.01. The zero-order valence-corrected chi connectivity index (χ0v) is 9.96. The Morgan fingerprint density at radius 3 is 2.60 bits per heavy atom. The molecule has 0 saturated heterocycles. The molecule has 0 aromatic rings. The van der Waals surface area contributed by atoms with Gasteiger partial charge in [-0.2, -0.15) is 0 Å². The van der Waals surface area contributed by atoms with Crippen molar-refractivity contribution in [2.24, 2.45) is 0 Å². The third-order valence-electron chi connectivity index (χ3n) is 2.30. The van der Waals surface area contributed by atoms with Crippen LogP contribution in [-0.4, -0.2) is 12.6 Å². The fourth-order valence-electron chi connectivity index (χ4n) is 1.31. The minimum absolute atomic E-state index is 0.0350. The van der Waals surface area contributed by atoms with Crippen LogP contribution in [0, 0.1) is 0 Å². The van der Waals surface area contributed by atoms with Crippen molar-refractivity contribution in [2.75, 3.05) is 6.61 Å². The average Bonchev–Trinajstić information content (AvgIpc) is 2.23. The van der Waals surface area contributed by atoms with E-state index in [-0.39, 0.29) is 5.97 Å². The van der Waals surface area contributed by atoms with Crippen molar-refractivity contribution in [3.8, 4) is 0 Å². The third kappa shape index (κ3) is 11.1. The predicted octanol–water partition coefficient (Wildman–Crippen LogP) is 3.86. The molecular formula is C13H24O2. The number of unbranched alkanes of at least 4 members (excludes halogenated alkanes) is 5. The molecule has 0 spiro atoms. The minimum atomic E-state index is -0.0350. The maximum atomic E-state index is 11.2. The number of ether oxygens (including phenoxy) is 1. The van der Waals surface area contributed by atoms with Crippen LogP contribution in [0.2, 0.25) is 0 Å². The maximum Gasteiger partial charge on any atom is 0.305 e. The molecule has 0 radical (unpaired) electrons. The summed E-state index contributed by atoms with van der Waals surface area (Å²) in [6, 6.07) is 0. The van der Waals surface area contributed by atoms with Crippen molar-refractivity contribution in [3.63, 3.8) is 0 Å². The van der Waals surface area contributed by atoms with Crippen molar-refractivity contribution in [1.29, 1.82) is 0 Å². The van der Waals surface area contributed by atoms with E-state index < -0.39 is 0 Å². The van der Waals surface area contributed by atoms with E-state index >= 15 is 0 Å². The number of hydrogen-bond acceptors (Lipinski definition) is 2. The second-order valence-corrected chi connectivity index (χ2v) is 3.82. The van der Waals surface area contributed by atoms with Gasteiger partial charge in [0.05, 0.1) is 6.61 Å². The highest BCUT2D eigenvalue weighted by molar-refractivity contribution is 5.69. The van der Waals surface area contributed by atoms with Gasteiger partial charge in [-0.05, 0) is 25.7 Å². The average molecular weight is 212 g/mol. The van der Waals surface area contributed by atoms with E-state index in [0.717, 1.165) is 32.1 Å². The Bertz CT molecular complexity index is 164. The van der Waals surface area contributed by atoms with Crippen LogP contribution in [-0.2, 0) is 9.53 Å². The van der Waals surface area contributed by atoms with Gasteiger partial charge in [-0.25, -0.2) is 0 Å². The zero-order chi connectivity index (χ0) is 11.4. The van der Waals surface area contributed by atoms with Gasteiger partial charge >= 0.3 is 5.97 Å². The van der Waals surface area contributed by atoms with Crippen LogP contribution >= 0.6 is 0 Å². The molecule has 0 aromatic heterocycles. The van der Waals surface area contributed by atoms with Crippen molar-refractivity contribution in [2.45, 2.75) is 58.3 Å².